The summed E-state index contributed by atoms with van der Waals surface area (Å²) in [5.74, 6) is 16.1. The minimum Gasteiger partial charge on any atom is -0.0857 e. The Bertz CT molecular complexity index is 316. The van der Waals surface area contributed by atoms with E-state index in [9.17, 15) is 0 Å². The number of rotatable bonds is 0. The van der Waals surface area contributed by atoms with Crippen molar-refractivity contribution in [1.29, 1.82) is 0 Å². The lowest BCUT2D eigenvalue weighted by Gasteiger charge is -2.22. The lowest BCUT2D eigenvalue weighted by Crippen LogP contribution is -2.10. The van der Waals surface area contributed by atoms with E-state index < -0.39 is 0 Å². The lowest BCUT2D eigenvalue weighted by molar-refractivity contribution is 0.337. The summed E-state index contributed by atoms with van der Waals surface area (Å²) in [5, 5.41) is 0. The van der Waals surface area contributed by atoms with Crippen LogP contribution < -0.4 is 0 Å². The van der Waals surface area contributed by atoms with E-state index in [0.717, 1.165) is 11.8 Å². The van der Waals surface area contributed by atoms with Gasteiger partial charge in [0.25, 0.3) is 0 Å². The zero-order valence-corrected chi connectivity index (χ0v) is 12.0. The summed E-state index contributed by atoms with van der Waals surface area (Å²) in [7, 11) is 0. The Hall–Kier alpha value is -0.880. The average molecular weight is 242 g/mol. The zero-order chi connectivity index (χ0) is 12.8. The van der Waals surface area contributed by atoms with Crippen LogP contribution in [0.5, 0.6) is 0 Å². The van der Waals surface area contributed by atoms with Crippen molar-refractivity contribution in [3.8, 4) is 23.7 Å². The Kier molecular flexibility index (Phi) is 5.19. The van der Waals surface area contributed by atoms with Crippen molar-refractivity contribution < 1.29 is 0 Å². The van der Waals surface area contributed by atoms with Gasteiger partial charge in [-0.05, 0) is 75.0 Å². The van der Waals surface area contributed by atoms with Crippen LogP contribution in [0.15, 0.2) is 0 Å². The second-order valence-corrected chi connectivity index (χ2v) is 6.45. The topological polar surface area (TPSA) is 0 Å². The molecular weight excluding hydrogens is 216 g/mol. The predicted molar refractivity (Wildman–Crippen MR) is 77.8 cm³/mol. The molecule has 0 aromatic rings. The molecule has 2 aliphatic carbocycles. The van der Waals surface area contributed by atoms with Crippen LogP contribution in [-0.4, -0.2) is 0 Å². The maximum Gasteiger partial charge on any atom is 0.0213 e. The summed E-state index contributed by atoms with van der Waals surface area (Å²) >= 11 is 0. The molecule has 0 aromatic heterocycles. The molecule has 0 spiro atoms. The quantitative estimate of drug-likeness (QED) is 0.543. The van der Waals surface area contributed by atoms with Gasteiger partial charge in [-0.1, -0.05) is 25.7 Å². The molecule has 0 radical (unpaired) electrons. The zero-order valence-electron chi connectivity index (χ0n) is 12.0. The van der Waals surface area contributed by atoms with Gasteiger partial charge >= 0.3 is 0 Å². The maximum atomic E-state index is 3.37. The van der Waals surface area contributed by atoms with Gasteiger partial charge in [0.05, 0.1) is 0 Å². The summed E-state index contributed by atoms with van der Waals surface area (Å²) in [6.45, 7) is 4.71. The Morgan fingerprint density at radius 2 is 0.889 bits per heavy atom. The van der Waals surface area contributed by atoms with Crippen LogP contribution in [0.3, 0.4) is 0 Å². The Morgan fingerprint density at radius 3 is 1.22 bits per heavy atom. The first-order chi connectivity index (χ1) is 8.74. The standard InChI is InChI=1S/C18H26/c1-15-7-11-17(12-8-15)5-3-4-6-18-13-9-16(2)10-14-18/h15-18H,7-14H2,1-2H3. The Morgan fingerprint density at radius 1 is 0.556 bits per heavy atom. The molecule has 2 saturated carbocycles. The average Bonchev–Trinajstić information content (AvgIpc) is 2.39. The third-order valence-corrected chi connectivity index (χ3v) is 4.65. The summed E-state index contributed by atoms with van der Waals surface area (Å²) < 4.78 is 0. The third kappa shape index (κ3) is 4.42. The van der Waals surface area contributed by atoms with Gasteiger partial charge in [0, 0.05) is 11.8 Å². The van der Waals surface area contributed by atoms with Crippen LogP contribution in [0.1, 0.15) is 65.2 Å². The van der Waals surface area contributed by atoms with Crippen molar-refractivity contribution in [2.75, 3.05) is 0 Å². The Balaban J connectivity index is 1.74. The smallest absolute Gasteiger partial charge is 0.0213 e. The molecule has 0 atom stereocenters. The molecule has 2 rings (SSSR count). The van der Waals surface area contributed by atoms with Gasteiger partial charge in [-0.3, -0.25) is 0 Å². The van der Waals surface area contributed by atoms with Crippen molar-refractivity contribution in [1.82, 2.24) is 0 Å². The summed E-state index contributed by atoms with van der Waals surface area (Å²) in [6.07, 6.45) is 10.6. The van der Waals surface area contributed by atoms with Gasteiger partial charge in [-0.2, -0.15) is 0 Å². The van der Waals surface area contributed by atoms with E-state index in [0.29, 0.717) is 11.8 Å². The molecule has 0 nitrogen and oxygen atoms in total. The van der Waals surface area contributed by atoms with E-state index >= 15 is 0 Å². The van der Waals surface area contributed by atoms with Gasteiger partial charge < -0.3 is 0 Å². The molecule has 2 fully saturated rings. The van der Waals surface area contributed by atoms with Crippen LogP contribution in [0.2, 0.25) is 0 Å². The highest BCUT2D eigenvalue weighted by Gasteiger charge is 2.16. The highest BCUT2D eigenvalue weighted by molar-refractivity contribution is 5.28. The normalized spacial score (nSPS) is 35.9. The molecule has 18 heavy (non-hydrogen) atoms. The van der Waals surface area contributed by atoms with E-state index in [4.69, 9.17) is 0 Å². The SMILES string of the molecule is CC1CCC(C#CC#CC2CCC(C)CC2)CC1. The largest absolute Gasteiger partial charge is 0.0857 e. The van der Waals surface area contributed by atoms with E-state index in [-0.39, 0.29) is 0 Å². The van der Waals surface area contributed by atoms with E-state index in [2.05, 4.69) is 37.5 Å². The first-order valence-electron chi connectivity index (χ1n) is 7.75. The summed E-state index contributed by atoms with van der Waals surface area (Å²) in [5.41, 5.74) is 0. The number of hydrogen-bond acceptors (Lipinski definition) is 0. The molecule has 0 N–H and O–H groups in total. The van der Waals surface area contributed by atoms with Gasteiger partial charge in [0.15, 0.2) is 0 Å². The van der Waals surface area contributed by atoms with E-state index in [1.165, 1.54) is 51.4 Å². The van der Waals surface area contributed by atoms with Crippen molar-refractivity contribution in [2.24, 2.45) is 23.7 Å². The van der Waals surface area contributed by atoms with Gasteiger partial charge in [-0.15, -0.1) is 0 Å². The summed E-state index contributed by atoms with van der Waals surface area (Å²) in [6, 6.07) is 0. The summed E-state index contributed by atoms with van der Waals surface area (Å²) in [4.78, 5) is 0. The molecule has 0 unspecified atom stereocenters. The molecule has 0 heteroatoms. The molecule has 0 heterocycles. The van der Waals surface area contributed by atoms with Crippen LogP contribution in [0.25, 0.3) is 0 Å². The van der Waals surface area contributed by atoms with Gasteiger partial charge in [-0.25, -0.2) is 0 Å². The second-order valence-electron chi connectivity index (χ2n) is 6.45. The fourth-order valence-corrected chi connectivity index (χ4v) is 3.09. The van der Waals surface area contributed by atoms with Crippen LogP contribution >= 0.6 is 0 Å². The third-order valence-electron chi connectivity index (χ3n) is 4.65. The van der Waals surface area contributed by atoms with Crippen LogP contribution in [0, 0.1) is 47.4 Å². The monoisotopic (exact) mass is 242 g/mol. The second kappa shape index (κ2) is 6.89. The van der Waals surface area contributed by atoms with Crippen LogP contribution in [-0.2, 0) is 0 Å². The molecule has 0 amide bonds. The molecule has 0 saturated heterocycles. The van der Waals surface area contributed by atoms with Crippen molar-refractivity contribution >= 4 is 0 Å². The minimum atomic E-state index is 0.627. The minimum absolute atomic E-state index is 0.627. The van der Waals surface area contributed by atoms with Gasteiger partial charge in [0.2, 0.25) is 0 Å². The highest BCUT2D eigenvalue weighted by atomic mass is 14.2. The van der Waals surface area contributed by atoms with Crippen molar-refractivity contribution in [3.05, 3.63) is 0 Å². The molecular formula is C18H26. The van der Waals surface area contributed by atoms with Crippen molar-refractivity contribution in [2.45, 2.75) is 65.2 Å². The molecule has 0 aromatic carbocycles. The predicted octanol–water partition coefficient (Wildman–Crippen LogP) is 4.65. The molecule has 98 valence electrons. The fraction of sp³-hybridized carbons (Fsp3) is 0.778. The molecule has 0 bridgehead atoms. The first-order valence-corrected chi connectivity index (χ1v) is 7.75. The maximum absolute atomic E-state index is 3.37. The fourth-order valence-electron chi connectivity index (χ4n) is 3.09. The highest BCUT2D eigenvalue weighted by Crippen LogP contribution is 2.28. The van der Waals surface area contributed by atoms with Gasteiger partial charge in [0.1, 0.15) is 0 Å². The van der Waals surface area contributed by atoms with Crippen LogP contribution in [0.4, 0.5) is 0 Å². The van der Waals surface area contributed by atoms with E-state index in [1.54, 1.807) is 0 Å². The Labute approximate surface area is 113 Å². The molecule has 2 aliphatic rings. The molecule has 0 aliphatic heterocycles. The first kappa shape index (κ1) is 13.5. The number of hydrogen-bond donors (Lipinski definition) is 0. The van der Waals surface area contributed by atoms with E-state index in [1.807, 2.05) is 0 Å². The lowest BCUT2D eigenvalue weighted by atomic mass is 9.83. The van der Waals surface area contributed by atoms with Crippen molar-refractivity contribution in [3.63, 3.8) is 0 Å².